The maximum absolute atomic E-state index is 14.3. The van der Waals surface area contributed by atoms with Gasteiger partial charge in [0.05, 0.1) is 22.8 Å². The van der Waals surface area contributed by atoms with Crippen LogP contribution in [0.15, 0.2) is 47.5 Å². The van der Waals surface area contributed by atoms with E-state index in [0.717, 1.165) is 0 Å². The van der Waals surface area contributed by atoms with Crippen LogP contribution < -0.4 is 5.56 Å². The third kappa shape index (κ3) is 2.59. The van der Waals surface area contributed by atoms with Crippen molar-refractivity contribution in [2.45, 2.75) is 0 Å². The molecule has 1 heterocycles. The Hall–Kier alpha value is -3.02. The fourth-order valence-corrected chi connectivity index (χ4v) is 2.43. The van der Waals surface area contributed by atoms with Crippen molar-refractivity contribution in [3.63, 3.8) is 0 Å². The van der Waals surface area contributed by atoms with Gasteiger partial charge in [0.25, 0.3) is 11.5 Å². The number of nitrogens with one attached hydrogen (secondary N) is 1. The van der Waals surface area contributed by atoms with Crippen LogP contribution >= 0.6 is 0 Å². The van der Waals surface area contributed by atoms with E-state index < -0.39 is 11.7 Å². The number of carbonyl (C=O) groups excluding carboxylic acids is 1. The van der Waals surface area contributed by atoms with E-state index in [9.17, 15) is 14.0 Å². The Morgan fingerprint density at radius 1 is 1.22 bits per heavy atom. The summed E-state index contributed by atoms with van der Waals surface area (Å²) in [6, 6.07) is 9.51. The van der Waals surface area contributed by atoms with Crippen molar-refractivity contribution in [2.75, 3.05) is 14.1 Å². The first-order valence-electron chi connectivity index (χ1n) is 6.97. The fourth-order valence-electron chi connectivity index (χ4n) is 2.43. The molecular weight excluding hydrogens is 297 g/mol. The first-order chi connectivity index (χ1) is 11.0. The summed E-state index contributed by atoms with van der Waals surface area (Å²) in [7, 11) is 3.13. The van der Waals surface area contributed by atoms with Gasteiger partial charge in [-0.3, -0.25) is 9.59 Å². The Labute approximate surface area is 131 Å². The molecule has 0 saturated carbocycles. The molecule has 0 aliphatic rings. The van der Waals surface area contributed by atoms with Gasteiger partial charge in [-0.15, -0.1) is 0 Å². The standard InChI is InChI=1S/C17H14FN3O2/c1-21(2)17(23)12-7-6-10(8-14(12)18)11-4-3-5-13-15(11)19-9-20-16(13)22/h3-9H,1-2H3,(H,19,20,22). The molecule has 0 aliphatic heterocycles. The van der Waals surface area contributed by atoms with Gasteiger partial charge in [0, 0.05) is 19.7 Å². The number of para-hydroxylation sites is 1. The summed E-state index contributed by atoms with van der Waals surface area (Å²) in [5.74, 6) is -1.01. The average Bonchev–Trinajstić information content (AvgIpc) is 2.54. The molecule has 1 aromatic heterocycles. The van der Waals surface area contributed by atoms with Crippen molar-refractivity contribution >= 4 is 16.8 Å². The molecule has 1 N–H and O–H groups in total. The number of aromatic amines is 1. The third-order valence-corrected chi connectivity index (χ3v) is 3.59. The predicted molar refractivity (Wildman–Crippen MR) is 85.8 cm³/mol. The number of hydrogen-bond donors (Lipinski definition) is 1. The molecule has 1 amide bonds. The van der Waals surface area contributed by atoms with Gasteiger partial charge in [0.1, 0.15) is 5.82 Å². The number of fused-ring (bicyclic) bond motifs is 1. The first-order valence-corrected chi connectivity index (χ1v) is 6.97. The average molecular weight is 311 g/mol. The summed E-state index contributed by atoms with van der Waals surface area (Å²) in [6.07, 6.45) is 1.31. The molecule has 3 aromatic rings. The van der Waals surface area contributed by atoms with Crippen molar-refractivity contribution in [3.05, 3.63) is 64.5 Å². The van der Waals surface area contributed by atoms with Crippen LogP contribution in [0.1, 0.15) is 10.4 Å². The summed E-state index contributed by atoms with van der Waals surface area (Å²) in [4.78, 5) is 31.7. The first kappa shape index (κ1) is 14.9. The molecule has 5 nitrogen and oxygen atoms in total. The molecule has 3 rings (SSSR count). The van der Waals surface area contributed by atoms with E-state index >= 15 is 0 Å². The van der Waals surface area contributed by atoms with Crippen molar-refractivity contribution in [3.8, 4) is 11.1 Å². The number of halogens is 1. The zero-order valence-corrected chi connectivity index (χ0v) is 12.6. The lowest BCUT2D eigenvalue weighted by molar-refractivity contribution is 0.0823. The lowest BCUT2D eigenvalue weighted by Crippen LogP contribution is -2.22. The number of amides is 1. The van der Waals surface area contributed by atoms with Crippen LogP contribution in [0.2, 0.25) is 0 Å². The van der Waals surface area contributed by atoms with Gasteiger partial charge in [0.15, 0.2) is 0 Å². The van der Waals surface area contributed by atoms with E-state index in [2.05, 4.69) is 9.97 Å². The highest BCUT2D eigenvalue weighted by Gasteiger charge is 2.15. The molecule has 116 valence electrons. The summed E-state index contributed by atoms with van der Waals surface area (Å²) in [5, 5.41) is 0.429. The van der Waals surface area contributed by atoms with Crippen molar-refractivity contribution in [1.29, 1.82) is 0 Å². The highest BCUT2D eigenvalue weighted by atomic mass is 19.1. The van der Waals surface area contributed by atoms with Crippen LogP contribution in [0, 0.1) is 5.82 Å². The summed E-state index contributed by atoms with van der Waals surface area (Å²) < 4.78 is 14.3. The summed E-state index contributed by atoms with van der Waals surface area (Å²) in [5.41, 5.74) is 1.43. The molecule has 0 bridgehead atoms. The minimum Gasteiger partial charge on any atom is -0.345 e. The minimum absolute atomic E-state index is 0.00444. The Bertz CT molecular complexity index is 963. The largest absolute Gasteiger partial charge is 0.345 e. The molecule has 0 atom stereocenters. The maximum Gasteiger partial charge on any atom is 0.258 e. The summed E-state index contributed by atoms with van der Waals surface area (Å²) >= 11 is 0. The number of carbonyl (C=O) groups is 1. The highest BCUT2D eigenvalue weighted by molar-refractivity contribution is 5.96. The number of rotatable bonds is 2. The quantitative estimate of drug-likeness (QED) is 0.790. The van der Waals surface area contributed by atoms with E-state index in [1.807, 2.05) is 0 Å². The monoisotopic (exact) mass is 311 g/mol. The Morgan fingerprint density at radius 2 is 2.00 bits per heavy atom. The van der Waals surface area contributed by atoms with Crippen LogP contribution in [0.5, 0.6) is 0 Å². The molecule has 0 fully saturated rings. The predicted octanol–water partition coefficient (Wildman–Crippen LogP) is 2.43. The van der Waals surface area contributed by atoms with Gasteiger partial charge in [-0.05, 0) is 23.8 Å². The van der Waals surface area contributed by atoms with Gasteiger partial charge in [-0.25, -0.2) is 9.37 Å². The van der Waals surface area contributed by atoms with E-state index in [0.29, 0.717) is 22.0 Å². The molecular formula is C17H14FN3O2. The zero-order valence-electron chi connectivity index (χ0n) is 12.6. The molecule has 23 heavy (non-hydrogen) atoms. The molecule has 0 saturated heterocycles. The molecule has 0 aliphatic carbocycles. The van der Waals surface area contributed by atoms with Gasteiger partial charge in [0.2, 0.25) is 0 Å². The SMILES string of the molecule is CN(C)C(=O)c1ccc(-c2cccc3c(=O)[nH]cnc23)cc1F. The second-order valence-electron chi connectivity index (χ2n) is 5.33. The van der Waals surface area contributed by atoms with Crippen LogP contribution in [0.3, 0.4) is 0 Å². The van der Waals surface area contributed by atoms with E-state index in [1.165, 1.54) is 23.4 Å². The molecule has 6 heteroatoms. The van der Waals surface area contributed by atoms with Crippen molar-refractivity contribution in [2.24, 2.45) is 0 Å². The van der Waals surface area contributed by atoms with Crippen LogP contribution in [-0.2, 0) is 0 Å². The fraction of sp³-hybridized carbons (Fsp3) is 0.118. The lowest BCUT2D eigenvalue weighted by Gasteiger charge is -2.12. The smallest absolute Gasteiger partial charge is 0.258 e. The Morgan fingerprint density at radius 3 is 2.70 bits per heavy atom. The van der Waals surface area contributed by atoms with E-state index in [1.54, 1.807) is 38.4 Å². The van der Waals surface area contributed by atoms with Gasteiger partial charge in [-0.2, -0.15) is 0 Å². The number of nitrogens with zero attached hydrogens (tertiary/aromatic N) is 2. The molecule has 0 unspecified atom stereocenters. The van der Waals surface area contributed by atoms with Crippen LogP contribution in [0.4, 0.5) is 4.39 Å². The Kier molecular flexibility index (Phi) is 3.65. The second kappa shape index (κ2) is 5.64. The van der Waals surface area contributed by atoms with Gasteiger partial charge < -0.3 is 9.88 Å². The zero-order chi connectivity index (χ0) is 16.6. The van der Waals surface area contributed by atoms with Crippen molar-refractivity contribution < 1.29 is 9.18 Å². The summed E-state index contributed by atoms with van der Waals surface area (Å²) in [6.45, 7) is 0. The van der Waals surface area contributed by atoms with E-state index in [-0.39, 0.29) is 11.1 Å². The Balaban J connectivity index is 2.17. The third-order valence-electron chi connectivity index (χ3n) is 3.59. The lowest BCUT2D eigenvalue weighted by atomic mass is 10.0. The molecule has 0 spiro atoms. The number of aromatic nitrogens is 2. The van der Waals surface area contributed by atoms with Gasteiger partial charge >= 0.3 is 0 Å². The molecule has 0 radical (unpaired) electrons. The topological polar surface area (TPSA) is 66.1 Å². The number of benzene rings is 2. The van der Waals surface area contributed by atoms with Crippen LogP contribution in [0.25, 0.3) is 22.0 Å². The van der Waals surface area contributed by atoms with Crippen molar-refractivity contribution in [1.82, 2.24) is 14.9 Å². The maximum atomic E-state index is 14.3. The normalized spacial score (nSPS) is 10.7. The number of hydrogen-bond acceptors (Lipinski definition) is 3. The number of H-pyrrole nitrogens is 1. The highest BCUT2D eigenvalue weighted by Crippen LogP contribution is 2.27. The molecule has 2 aromatic carbocycles. The second-order valence-corrected chi connectivity index (χ2v) is 5.33. The van der Waals surface area contributed by atoms with Gasteiger partial charge in [-0.1, -0.05) is 18.2 Å². The van der Waals surface area contributed by atoms with Crippen LogP contribution in [-0.4, -0.2) is 34.9 Å². The van der Waals surface area contributed by atoms with E-state index in [4.69, 9.17) is 0 Å². The minimum atomic E-state index is -0.608.